The lowest BCUT2D eigenvalue weighted by Gasteiger charge is -2.16. The summed E-state index contributed by atoms with van der Waals surface area (Å²) in [4.78, 5) is 0. The highest BCUT2D eigenvalue weighted by atomic mass is 35.5. The topological polar surface area (TPSA) is 50.7 Å². The van der Waals surface area contributed by atoms with E-state index < -0.39 is 0 Å². The van der Waals surface area contributed by atoms with Gasteiger partial charge >= 0.3 is 0 Å². The summed E-state index contributed by atoms with van der Waals surface area (Å²) < 4.78 is 11.7. The van der Waals surface area contributed by atoms with Gasteiger partial charge in [0, 0.05) is 34.8 Å². The van der Waals surface area contributed by atoms with E-state index in [4.69, 9.17) is 37.8 Å². The maximum absolute atomic E-state index is 8.80. The number of nitrogens with one attached hydrogen (secondary N) is 1. The van der Waals surface area contributed by atoms with Crippen LogP contribution in [0.1, 0.15) is 37.3 Å². The molecule has 148 valence electrons. The van der Waals surface area contributed by atoms with E-state index >= 15 is 0 Å². The van der Waals surface area contributed by atoms with E-state index in [1.807, 2.05) is 37.3 Å². The largest absolute Gasteiger partial charge is 0.490 e. The zero-order chi connectivity index (χ0) is 19.5. The van der Waals surface area contributed by atoms with Crippen LogP contribution in [0.2, 0.25) is 10.0 Å². The number of rotatable bonds is 12. The van der Waals surface area contributed by atoms with Crippen molar-refractivity contribution in [3.05, 3.63) is 57.6 Å². The van der Waals surface area contributed by atoms with Gasteiger partial charge in [-0.3, -0.25) is 0 Å². The summed E-state index contributed by atoms with van der Waals surface area (Å²) in [7, 11) is 0. The first-order valence-electron chi connectivity index (χ1n) is 9.28. The van der Waals surface area contributed by atoms with E-state index in [1.165, 1.54) is 0 Å². The maximum atomic E-state index is 8.80. The second kappa shape index (κ2) is 12.1. The van der Waals surface area contributed by atoms with E-state index in [-0.39, 0.29) is 6.61 Å². The molecule has 0 aliphatic carbocycles. The Bertz CT molecular complexity index is 710. The standard InChI is InChI=1S/C21H27Cl2NO3/c1-2-26-20-12-17(14-24-10-6-3-7-11-25)19(23)13-21(20)27-15-16-8-4-5-9-18(16)22/h4-5,8-9,12-13,24-25H,2-3,6-7,10-11,14-15H2,1H3. The minimum atomic E-state index is 0.249. The summed E-state index contributed by atoms with van der Waals surface area (Å²) in [6.07, 6.45) is 2.88. The molecule has 0 heterocycles. The van der Waals surface area contributed by atoms with Crippen LogP contribution in [-0.4, -0.2) is 24.9 Å². The van der Waals surface area contributed by atoms with Gasteiger partial charge in [0.25, 0.3) is 0 Å². The van der Waals surface area contributed by atoms with Crippen molar-refractivity contribution >= 4 is 23.2 Å². The van der Waals surface area contributed by atoms with Gasteiger partial charge in [-0.1, -0.05) is 41.4 Å². The number of ether oxygens (including phenoxy) is 2. The molecule has 0 fully saturated rings. The second-order valence-electron chi connectivity index (χ2n) is 6.16. The lowest BCUT2D eigenvalue weighted by atomic mass is 10.2. The molecule has 4 nitrogen and oxygen atoms in total. The molecule has 0 spiro atoms. The van der Waals surface area contributed by atoms with Crippen LogP contribution in [0.15, 0.2) is 36.4 Å². The highest BCUT2D eigenvalue weighted by Crippen LogP contribution is 2.34. The molecule has 2 N–H and O–H groups in total. The van der Waals surface area contributed by atoms with Gasteiger partial charge in [-0.2, -0.15) is 0 Å². The van der Waals surface area contributed by atoms with Gasteiger partial charge in [0.05, 0.1) is 6.61 Å². The molecule has 2 rings (SSSR count). The molecule has 0 radical (unpaired) electrons. The number of aliphatic hydroxyl groups is 1. The van der Waals surface area contributed by atoms with E-state index in [9.17, 15) is 0 Å². The minimum Gasteiger partial charge on any atom is -0.490 e. The van der Waals surface area contributed by atoms with Crippen molar-refractivity contribution in [3.8, 4) is 11.5 Å². The molecule has 2 aromatic rings. The SMILES string of the molecule is CCOc1cc(CNCCCCCO)c(Cl)cc1OCc1ccccc1Cl. The molecular formula is C21H27Cl2NO3. The van der Waals surface area contributed by atoms with Crippen LogP contribution in [0.25, 0.3) is 0 Å². The van der Waals surface area contributed by atoms with Crippen LogP contribution in [0.5, 0.6) is 11.5 Å². The Morgan fingerprint density at radius 2 is 1.70 bits per heavy atom. The first-order valence-corrected chi connectivity index (χ1v) is 10.0. The van der Waals surface area contributed by atoms with Crippen LogP contribution >= 0.6 is 23.2 Å². The molecule has 0 unspecified atom stereocenters. The van der Waals surface area contributed by atoms with Crippen LogP contribution in [0, 0.1) is 0 Å². The number of unbranched alkanes of at least 4 members (excludes halogenated alkanes) is 2. The van der Waals surface area contributed by atoms with Crippen LogP contribution < -0.4 is 14.8 Å². The minimum absolute atomic E-state index is 0.249. The monoisotopic (exact) mass is 411 g/mol. The van der Waals surface area contributed by atoms with Gasteiger partial charge in [0.15, 0.2) is 11.5 Å². The zero-order valence-electron chi connectivity index (χ0n) is 15.6. The van der Waals surface area contributed by atoms with Crippen molar-refractivity contribution in [2.45, 2.75) is 39.3 Å². The van der Waals surface area contributed by atoms with E-state index in [0.717, 1.165) is 36.9 Å². The predicted molar refractivity (Wildman–Crippen MR) is 111 cm³/mol. The van der Waals surface area contributed by atoms with E-state index in [2.05, 4.69) is 5.32 Å². The Morgan fingerprint density at radius 1 is 0.926 bits per heavy atom. The van der Waals surface area contributed by atoms with Gasteiger partial charge in [-0.25, -0.2) is 0 Å². The van der Waals surface area contributed by atoms with Crippen LogP contribution in [-0.2, 0) is 13.2 Å². The Kier molecular flexibility index (Phi) is 9.78. The molecule has 0 aliphatic heterocycles. The molecule has 0 amide bonds. The molecule has 0 saturated heterocycles. The van der Waals surface area contributed by atoms with Crippen molar-refractivity contribution < 1.29 is 14.6 Å². The third kappa shape index (κ3) is 7.23. The fraction of sp³-hybridized carbons (Fsp3) is 0.429. The first-order chi connectivity index (χ1) is 13.2. The van der Waals surface area contributed by atoms with Crippen molar-refractivity contribution in [3.63, 3.8) is 0 Å². The van der Waals surface area contributed by atoms with Crippen molar-refractivity contribution in [2.75, 3.05) is 19.8 Å². The lowest BCUT2D eigenvalue weighted by molar-refractivity contribution is 0.269. The smallest absolute Gasteiger partial charge is 0.163 e. The summed E-state index contributed by atoms with van der Waals surface area (Å²) in [6, 6.07) is 11.3. The highest BCUT2D eigenvalue weighted by Gasteiger charge is 2.12. The Balaban J connectivity index is 2.00. The first kappa shape index (κ1) is 21.8. The third-order valence-corrected chi connectivity index (χ3v) is 4.80. The number of hydrogen-bond acceptors (Lipinski definition) is 4. The fourth-order valence-electron chi connectivity index (χ4n) is 2.63. The fourth-order valence-corrected chi connectivity index (χ4v) is 3.04. The average molecular weight is 412 g/mol. The molecule has 0 bridgehead atoms. The molecule has 6 heteroatoms. The second-order valence-corrected chi connectivity index (χ2v) is 6.98. The molecule has 0 atom stereocenters. The van der Waals surface area contributed by atoms with Crippen molar-refractivity contribution in [1.82, 2.24) is 5.32 Å². The highest BCUT2D eigenvalue weighted by molar-refractivity contribution is 6.31. The Morgan fingerprint density at radius 3 is 2.44 bits per heavy atom. The van der Waals surface area contributed by atoms with Crippen molar-refractivity contribution in [2.24, 2.45) is 0 Å². The maximum Gasteiger partial charge on any atom is 0.163 e. The number of hydrogen-bond donors (Lipinski definition) is 2. The molecular weight excluding hydrogens is 385 g/mol. The zero-order valence-corrected chi connectivity index (χ0v) is 17.2. The number of benzene rings is 2. The molecule has 0 aliphatic rings. The average Bonchev–Trinajstić information content (AvgIpc) is 2.66. The Hall–Kier alpha value is -1.46. The molecule has 2 aromatic carbocycles. The quantitative estimate of drug-likeness (QED) is 0.469. The third-order valence-electron chi connectivity index (χ3n) is 4.08. The van der Waals surface area contributed by atoms with Crippen molar-refractivity contribution in [1.29, 1.82) is 0 Å². The predicted octanol–water partition coefficient (Wildman–Crippen LogP) is 5.22. The van der Waals surface area contributed by atoms with Gasteiger partial charge in [-0.15, -0.1) is 0 Å². The van der Waals surface area contributed by atoms with Gasteiger partial charge in [0.1, 0.15) is 6.61 Å². The Labute approximate surface area is 171 Å². The van der Waals surface area contributed by atoms with E-state index in [1.54, 1.807) is 6.07 Å². The van der Waals surface area contributed by atoms with Gasteiger partial charge in [0.2, 0.25) is 0 Å². The summed E-state index contributed by atoms with van der Waals surface area (Å²) >= 11 is 12.6. The summed E-state index contributed by atoms with van der Waals surface area (Å²) in [5.41, 5.74) is 1.87. The van der Waals surface area contributed by atoms with Gasteiger partial charge < -0.3 is 19.9 Å². The molecule has 0 aromatic heterocycles. The summed E-state index contributed by atoms with van der Waals surface area (Å²) in [5.74, 6) is 1.28. The molecule has 27 heavy (non-hydrogen) atoms. The van der Waals surface area contributed by atoms with Crippen LogP contribution in [0.4, 0.5) is 0 Å². The summed E-state index contributed by atoms with van der Waals surface area (Å²) in [6.45, 7) is 4.61. The van der Waals surface area contributed by atoms with E-state index in [0.29, 0.717) is 41.3 Å². The van der Waals surface area contributed by atoms with Crippen LogP contribution in [0.3, 0.4) is 0 Å². The number of halogens is 2. The normalized spacial score (nSPS) is 10.8. The summed E-state index contributed by atoms with van der Waals surface area (Å²) in [5, 5.41) is 13.5. The number of aliphatic hydroxyl groups excluding tert-OH is 1. The molecule has 0 saturated carbocycles. The van der Waals surface area contributed by atoms with Gasteiger partial charge in [-0.05, 0) is 50.4 Å². The lowest BCUT2D eigenvalue weighted by Crippen LogP contribution is -2.15.